The molecular weight excluding hydrogens is 230 g/mol. The van der Waals surface area contributed by atoms with Gasteiger partial charge >= 0.3 is 5.97 Å². The van der Waals surface area contributed by atoms with E-state index < -0.39 is 23.3 Å². The van der Waals surface area contributed by atoms with Crippen LogP contribution < -0.4 is 4.31 Å². The highest BCUT2D eigenvalue weighted by molar-refractivity contribution is 7.80. The molecule has 0 bridgehead atoms. The zero-order chi connectivity index (χ0) is 12.3. The molecule has 5 nitrogen and oxygen atoms in total. The summed E-state index contributed by atoms with van der Waals surface area (Å²) in [5.41, 5.74) is 1.32. The van der Waals surface area contributed by atoms with Crippen molar-refractivity contribution in [1.82, 2.24) is 0 Å². The van der Waals surface area contributed by atoms with Gasteiger partial charge in [0.2, 0.25) is 0 Å². The summed E-state index contributed by atoms with van der Waals surface area (Å²) in [7, 11) is 0. The van der Waals surface area contributed by atoms with Gasteiger partial charge in [-0.3, -0.25) is 8.51 Å². The van der Waals surface area contributed by atoms with Crippen molar-refractivity contribution in [2.24, 2.45) is 0 Å². The summed E-state index contributed by atoms with van der Waals surface area (Å²) in [5, 5.41) is 8.80. The molecule has 1 aromatic carbocycles. The van der Waals surface area contributed by atoms with Crippen LogP contribution in [0.15, 0.2) is 24.3 Å². The van der Waals surface area contributed by atoms with Gasteiger partial charge in [0.25, 0.3) is 0 Å². The average Bonchev–Trinajstić information content (AvgIpc) is 2.20. The summed E-state index contributed by atoms with van der Waals surface area (Å²) in [5.74, 6) is -1.19. The molecule has 2 atom stereocenters. The fourth-order valence-electron chi connectivity index (χ4n) is 1.23. The van der Waals surface area contributed by atoms with Crippen LogP contribution in [-0.2, 0) is 16.1 Å². The molecule has 1 N–H and O–H groups in total. The monoisotopic (exact) mass is 242 g/mol. The number of anilines is 1. The highest BCUT2D eigenvalue weighted by Crippen LogP contribution is 2.19. The zero-order valence-electron chi connectivity index (χ0n) is 8.91. The molecule has 1 aromatic rings. The Bertz CT molecular complexity index is 404. The van der Waals surface area contributed by atoms with E-state index in [0.29, 0.717) is 5.69 Å². The van der Waals surface area contributed by atoms with E-state index in [-0.39, 0.29) is 0 Å². The van der Waals surface area contributed by atoms with E-state index in [2.05, 4.69) is 0 Å². The fourth-order valence-corrected chi connectivity index (χ4v) is 1.87. The molecule has 88 valence electrons. The summed E-state index contributed by atoms with van der Waals surface area (Å²) in [6.45, 7) is 3.18. The van der Waals surface area contributed by atoms with Gasteiger partial charge in [0.1, 0.15) is 6.04 Å². The molecule has 0 aliphatic rings. The molecule has 2 unspecified atom stereocenters. The maximum absolute atomic E-state index is 11.0. The molecule has 16 heavy (non-hydrogen) atoms. The van der Waals surface area contributed by atoms with Crippen molar-refractivity contribution >= 4 is 22.9 Å². The second-order valence-corrected chi connectivity index (χ2v) is 4.22. The lowest BCUT2D eigenvalue weighted by molar-refractivity contribution is -0.137. The molecule has 0 aliphatic heterocycles. The van der Waals surface area contributed by atoms with E-state index in [1.54, 1.807) is 24.3 Å². The Hall–Kier alpha value is -1.40. The molecule has 0 aliphatic carbocycles. The first kappa shape index (κ1) is 12.7. The lowest BCUT2D eigenvalue weighted by atomic mass is 10.2. The van der Waals surface area contributed by atoms with Crippen LogP contribution in [0.25, 0.3) is 0 Å². The third kappa shape index (κ3) is 2.80. The standard InChI is InChI=1S/C10H13NO4S/c1-7-3-5-9(6-4-7)11(16(14)15)8(2)10(12)13/h3-6,8H,1-2H3,(H,12,13)(H,14,15)/p-1. The van der Waals surface area contributed by atoms with Crippen molar-refractivity contribution in [2.75, 3.05) is 4.31 Å². The number of aryl methyl sites for hydroxylation is 1. The van der Waals surface area contributed by atoms with E-state index in [1.165, 1.54) is 6.92 Å². The van der Waals surface area contributed by atoms with Gasteiger partial charge < -0.3 is 9.66 Å². The number of carboxylic acids is 1. The third-order valence-electron chi connectivity index (χ3n) is 2.16. The molecule has 0 saturated heterocycles. The predicted molar refractivity (Wildman–Crippen MR) is 59.7 cm³/mol. The number of hydrogen-bond donors (Lipinski definition) is 1. The molecule has 0 heterocycles. The minimum atomic E-state index is -2.61. The molecular formula is C10H12NO4S-. The Kier molecular flexibility index (Phi) is 4.03. The second kappa shape index (κ2) is 5.09. The summed E-state index contributed by atoms with van der Waals surface area (Å²) >= 11 is -2.61. The number of carboxylic acid groups (broad SMARTS) is 1. The van der Waals surface area contributed by atoms with E-state index >= 15 is 0 Å². The predicted octanol–water partition coefficient (Wildman–Crippen LogP) is 1.07. The summed E-state index contributed by atoms with van der Waals surface area (Å²) in [6.07, 6.45) is 0. The van der Waals surface area contributed by atoms with Crippen LogP contribution in [0.5, 0.6) is 0 Å². The summed E-state index contributed by atoms with van der Waals surface area (Å²) < 4.78 is 22.8. The summed E-state index contributed by atoms with van der Waals surface area (Å²) in [6, 6.07) is 5.48. The van der Waals surface area contributed by atoms with Crippen LogP contribution in [0, 0.1) is 6.92 Å². The van der Waals surface area contributed by atoms with Crippen molar-refractivity contribution < 1.29 is 18.7 Å². The lowest BCUT2D eigenvalue weighted by Crippen LogP contribution is -2.40. The molecule has 0 aromatic heterocycles. The van der Waals surface area contributed by atoms with E-state index in [4.69, 9.17) is 5.11 Å². The van der Waals surface area contributed by atoms with E-state index in [0.717, 1.165) is 9.87 Å². The van der Waals surface area contributed by atoms with Crippen LogP contribution in [0.2, 0.25) is 0 Å². The Labute approximate surface area is 96.1 Å². The minimum absolute atomic E-state index is 0.342. The molecule has 0 spiro atoms. The van der Waals surface area contributed by atoms with Gasteiger partial charge in [0.05, 0.1) is 0 Å². The first-order valence-electron chi connectivity index (χ1n) is 4.61. The minimum Gasteiger partial charge on any atom is -0.755 e. The number of aliphatic carboxylic acids is 1. The molecule has 0 fully saturated rings. The van der Waals surface area contributed by atoms with Crippen LogP contribution >= 0.6 is 0 Å². The van der Waals surface area contributed by atoms with Crippen LogP contribution in [-0.4, -0.2) is 25.9 Å². The Morgan fingerprint density at radius 3 is 2.31 bits per heavy atom. The Balaban J connectivity index is 3.07. The first-order valence-corrected chi connectivity index (χ1v) is 5.64. The maximum atomic E-state index is 11.0. The normalized spacial score (nSPS) is 14.2. The number of carbonyl (C=O) groups is 1. The largest absolute Gasteiger partial charge is 0.755 e. The van der Waals surface area contributed by atoms with Crippen molar-refractivity contribution in [2.45, 2.75) is 19.9 Å². The smallest absolute Gasteiger partial charge is 0.327 e. The van der Waals surface area contributed by atoms with Crippen molar-refractivity contribution in [3.05, 3.63) is 29.8 Å². The topological polar surface area (TPSA) is 80.7 Å². The lowest BCUT2D eigenvalue weighted by Gasteiger charge is -2.29. The fraction of sp³-hybridized carbons (Fsp3) is 0.300. The number of rotatable bonds is 4. The Morgan fingerprint density at radius 1 is 1.44 bits per heavy atom. The summed E-state index contributed by atoms with van der Waals surface area (Å²) in [4.78, 5) is 10.8. The average molecular weight is 242 g/mol. The molecule has 1 rings (SSSR count). The van der Waals surface area contributed by atoms with E-state index in [9.17, 15) is 13.6 Å². The number of hydrogen-bond acceptors (Lipinski definition) is 3. The quantitative estimate of drug-likeness (QED) is 0.801. The van der Waals surface area contributed by atoms with Crippen molar-refractivity contribution in [3.8, 4) is 0 Å². The highest BCUT2D eigenvalue weighted by Gasteiger charge is 2.21. The molecule has 0 radical (unpaired) electrons. The number of benzene rings is 1. The second-order valence-electron chi connectivity index (χ2n) is 3.39. The van der Waals surface area contributed by atoms with Gasteiger partial charge in [-0.1, -0.05) is 17.7 Å². The van der Waals surface area contributed by atoms with Gasteiger partial charge in [-0.15, -0.1) is 0 Å². The van der Waals surface area contributed by atoms with Crippen LogP contribution in [0.3, 0.4) is 0 Å². The third-order valence-corrected chi connectivity index (χ3v) is 3.01. The van der Waals surface area contributed by atoms with E-state index in [1.807, 2.05) is 6.92 Å². The van der Waals surface area contributed by atoms with Gasteiger partial charge in [-0.05, 0) is 26.0 Å². The van der Waals surface area contributed by atoms with Gasteiger partial charge in [-0.25, -0.2) is 4.79 Å². The molecule has 0 saturated carbocycles. The SMILES string of the molecule is Cc1ccc(N(C(C)C(=O)O)S(=O)[O-])cc1. The zero-order valence-corrected chi connectivity index (χ0v) is 9.73. The molecule has 6 heteroatoms. The first-order chi connectivity index (χ1) is 7.43. The maximum Gasteiger partial charge on any atom is 0.327 e. The van der Waals surface area contributed by atoms with Crippen molar-refractivity contribution in [1.29, 1.82) is 0 Å². The van der Waals surface area contributed by atoms with Gasteiger partial charge in [0.15, 0.2) is 0 Å². The highest BCUT2D eigenvalue weighted by atomic mass is 32.2. The van der Waals surface area contributed by atoms with Crippen molar-refractivity contribution in [3.63, 3.8) is 0 Å². The number of nitrogens with zero attached hydrogens (tertiary/aromatic N) is 1. The van der Waals surface area contributed by atoms with Gasteiger partial charge in [0, 0.05) is 17.0 Å². The van der Waals surface area contributed by atoms with Crippen LogP contribution in [0.4, 0.5) is 5.69 Å². The van der Waals surface area contributed by atoms with Crippen LogP contribution in [0.1, 0.15) is 12.5 Å². The molecule has 0 amide bonds. The Morgan fingerprint density at radius 2 is 1.94 bits per heavy atom. The van der Waals surface area contributed by atoms with Gasteiger partial charge in [-0.2, -0.15) is 0 Å².